The first-order valence-corrected chi connectivity index (χ1v) is 12.9. The third-order valence-corrected chi connectivity index (χ3v) is 6.07. The van der Waals surface area contributed by atoms with Crippen molar-refractivity contribution in [2.24, 2.45) is 5.92 Å². The molecule has 0 bridgehead atoms. The van der Waals surface area contributed by atoms with E-state index in [2.05, 4.69) is 13.8 Å². The summed E-state index contributed by atoms with van der Waals surface area (Å²) >= 11 is 0. The van der Waals surface area contributed by atoms with Gasteiger partial charge in [0.05, 0.1) is 0 Å². The molecule has 0 aromatic rings. The quantitative estimate of drug-likeness (QED) is 0.175. The van der Waals surface area contributed by atoms with Crippen LogP contribution in [0.25, 0.3) is 0 Å². The van der Waals surface area contributed by atoms with Gasteiger partial charge >= 0.3 is 5.97 Å². The maximum absolute atomic E-state index is 10.6. The zero-order valence-corrected chi connectivity index (χ0v) is 19.5. The van der Waals surface area contributed by atoms with Crippen LogP contribution < -0.4 is 0 Å². The van der Waals surface area contributed by atoms with Crippen molar-refractivity contribution in [3.8, 4) is 0 Å². The van der Waals surface area contributed by atoms with E-state index in [1.165, 1.54) is 128 Å². The molecular formula is C26H52O2. The summed E-state index contributed by atoms with van der Waals surface area (Å²) in [6, 6.07) is 0. The number of hydrogen-bond donors (Lipinski definition) is 1. The summed E-state index contributed by atoms with van der Waals surface area (Å²) < 4.78 is 0. The monoisotopic (exact) mass is 396 g/mol. The van der Waals surface area contributed by atoms with Gasteiger partial charge < -0.3 is 5.11 Å². The van der Waals surface area contributed by atoms with Gasteiger partial charge in [0.1, 0.15) is 0 Å². The molecule has 0 spiro atoms. The predicted octanol–water partition coefficient (Wildman–Crippen LogP) is 9.31. The highest BCUT2D eigenvalue weighted by Crippen LogP contribution is 2.16. The Labute approximate surface area is 177 Å². The number of carbonyl (C=O) groups is 1. The van der Waals surface area contributed by atoms with Crippen molar-refractivity contribution in [3.05, 3.63) is 0 Å². The van der Waals surface area contributed by atoms with Crippen LogP contribution in [0.4, 0.5) is 0 Å². The highest BCUT2D eigenvalue weighted by molar-refractivity contribution is 5.66. The first-order valence-electron chi connectivity index (χ1n) is 12.9. The Morgan fingerprint density at radius 3 is 1.14 bits per heavy atom. The van der Waals surface area contributed by atoms with E-state index in [4.69, 9.17) is 5.11 Å². The van der Waals surface area contributed by atoms with E-state index in [-0.39, 0.29) is 0 Å². The van der Waals surface area contributed by atoms with Crippen molar-refractivity contribution < 1.29 is 9.90 Å². The van der Waals surface area contributed by atoms with Gasteiger partial charge in [0.25, 0.3) is 0 Å². The summed E-state index contributed by atoms with van der Waals surface area (Å²) in [7, 11) is 0. The molecule has 2 heteroatoms. The molecule has 0 aliphatic heterocycles. The number of carboxylic acid groups (broad SMARTS) is 1. The Bertz CT molecular complexity index is 314. The molecule has 0 heterocycles. The summed E-state index contributed by atoms with van der Waals surface area (Å²) in [6.45, 7) is 4.35. The van der Waals surface area contributed by atoms with Crippen molar-refractivity contribution in [1.82, 2.24) is 0 Å². The van der Waals surface area contributed by atoms with Crippen molar-refractivity contribution in [2.45, 2.75) is 155 Å². The Hall–Kier alpha value is -0.530. The Morgan fingerprint density at radius 1 is 0.571 bits per heavy atom. The number of rotatable bonds is 23. The Balaban J connectivity index is 3.06. The Kier molecular flexibility index (Phi) is 22.3. The smallest absolute Gasteiger partial charge is 0.303 e. The highest BCUT2D eigenvalue weighted by Gasteiger charge is 2.06. The van der Waals surface area contributed by atoms with Gasteiger partial charge in [0.2, 0.25) is 0 Å². The molecule has 0 rings (SSSR count). The summed E-state index contributed by atoms with van der Waals surface area (Å²) in [5, 5.41) is 8.75. The molecule has 0 saturated carbocycles. The zero-order valence-electron chi connectivity index (χ0n) is 19.5. The maximum atomic E-state index is 10.6. The number of unbranched alkanes of at least 4 members (excludes halogenated alkanes) is 19. The van der Waals surface area contributed by atoms with Crippen LogP contribution in [0.2, 0.25) is 0 Å². The first-order chi connectivity index (χ1) is 13.7. The number of carboxylic acids is 1. The maximum Gasteiger partial charge on any atom is 0.303 e. The number of aliphatic carboxylic acids is 1. The van der Waals surface area contributed by atoms with E-state index in [1.807, 2.05) is 0 Å². The second-order valence-electron chi connectivity index (χ2n) is 9.21. The third kappa shape index (κ3) is 23.5. The first kappa shape index (κ1) is 27.5. The van der Waals surface area contributed by atoms with Crippen molar-refractivity contribution >= 4 is 5.97 Å². The second-order valence-corrected chi connectivity index (χ2v) is 9.21. The van der Waals surface area contributed by atoms with Crippen LogP contribution >= 0.6 is 0 Å². The van der Waals surface area contributed by atoms with Gasteiger partial charge in [-0.25, -0.2) is 0 Å². The largest absolute Gasteiger partial charge is 0.481 e. The topological polar surface area (TPSA) is 37.3 Å². The van der Waals surface area contributed by atoms with Crippen LogP contribution in [-0.4, -0.2) is 11.1 Å². The second kappa shape index (κ2) is 22.8. The van der Waals surface area contributed by atoms with E-state index >= 15 is 0 Å². The van der Waals surface area contributed by atoms with Gasteiger partial charge in [0, 0.05) is 6.42 Å². The van der Waals surface area contributed by atoms with Gasteiger partial charge in [-0.05, 0) is 5.92 Å². The molecule has 168 valence electrons. The lowest BCUT2D eigenvalue weighted by Gasteiger charge is -2.08. The minimum atomic E-state index is -0.652. The van der Waals surface area contributed by atoms with Crippen LogP contribution in [0.5, 0.6) is 0 Å². The summed E-state index contributed by atoms with van der Waals surface area (Å²) in [5.41, 5.74) is 0. The lowest BCUT2D eigenvalue weighted by atomic mass is 9.99. The fourth-order valence-electron chi connectivity index (χ4n) is 4.15. The molecule has 2 nitrogen and oxygen atoms in total. The average Bonchev–Trinajstić information content (AvgIpc) is 2.66. The summed E-state index contributed by atoms with van der Waals surface area (Å²) in [4.78, 5) is 10.6. The van der Waals surface area contributed by atoms with Crippen LogP contribution in [0, 0.1) is 5.92 Å². The zero-order chi connectivity index (χ0) is 20.7. The Morgan fingerprint density at radius 2 is 0.857 bits per heavy atom. The van der Waals surface area contributed by atoms with Gasteiger partial charge in [-0.1, -0.05) is 149 Å². The minimum Gasteiger partial charge on any atom is -0.481 e. The molecule has 0 amide bonds. The average molecular weight is 397 g/mol. The summed E-state index contributed by atoms with van der Waals surface area (Å²) in [6.07, 6.45) is 29.6. The fourth-order valence-corrected chi connectivity index (χ4v) is 4.15. The number of hydrogen-bond acceptors (Lipinski definition) is 1. The molecule has 0 saturated heterocycles. The van der Waals surface area contributed by atoms with Crippen molar-refractivity contribution in [3.63, 3.8) is 0 Å². The molecule has 0 aromatic heterocycles. The molecule has 1 N–H and O–H groups in total. The van der Waals surface area contributed by atoms with Gasteiger partial charge in [-0.3, -0.25) is 4.79 Å². The van der Waals surface area contributed by atoms with E-state index in [0.29, 0.717) is 12.3 Å². The van der Waals surface area contributed by atoms with Crippen molar-refractivity contribution in [2.75, 3.05) is 0 Å². The molecule has 0 aliphatic rings. The lowest BCUT2D eigenvalue weighted by Crippen LogP contribution is -2.03. The fraction of sp³-hybridized carbons (Fsp3) is 0.962. The molecule has 0 aliphatic carbocycles. The van der Waals surface area contributed by atoms with Crippen molar-refractivity contribution in [1.29, 1.82) is 0 Å². The predicted molar refractivity (Wildman–Crippen MR) is 124 cm³/mol. The SMILES string of the molecule is CCCCCCCCCCCCCCCCCCCCCC[C@@H](C)CC(=O)O. The molecule has 0 unspecified atom stereocenters. The normalized spacial score (nSPS) is 12.4. The van der Waals surface area contributed by atoms with Gasteiger partial charge in [0.15, 0.2) is 0 Å². The summed E-state index contributed by atoms with van der Waals surface area (Å²) in [5.74, 6) is -0.311. The molecule has 0 radical (unpaired) electrons. The van der Waals surface area contributed by atoms with E-state index in [0.717, 1.165) is 6.42 Å². The van der Waals surface area contributed by atoms with Gasteiger partial charge in [-0.15, -0.1) is 0 Å². The van der Waals surface area contributed by atoms with Crippen LogP contribution in [-0.2, 0) is 4.79 Å². The molecule has 1 atom stereocenters. The van der Waals surface area contributed by atoms with Crippen LogP contribution in [0.15, 0.2) is 0 Å². The third-order valence-electron chi connectivity index (χ3n) is 6.07. The molecular weight excluding hydrogens is 344 g/mol. The van der Waals surface area contributed by atoms with Gasteiger partial charge in [-0.2, -0.15) is 0 Å². The van der Waals surface area contributed by atoms with E-state index in [1.54, 1.807) is 0 Å². The highest BCUT2D eigenvalue weighted by atomic mass is 16.4. The van der Waals surface area contributed by atoms with Crippen LogP contribution in [0.1, 0.15) is 155 Å². The molecule has 28 heavy (non-hydrogen) atoms. The minimum absolute atomic E-state index is 0.332. The van der Waals surface area contributed by atoms with E-state index in [9.17, 15) is 4.79 Å². The van der Waals surface area contributed by atoms with Crippen LogP contribution in [0.3, 0.4) is 0 Å². The molecule has 0 fully saturated rings. The standard InChI is InChI=1S/C26H52O2/c1-3-4-5-6-7-8-9-10-11-12-13-14-15-16-17-18-19-20-21-22-23-25(2)24-26(27)28/h25H,3-24H2,1-2H3,(H,27,28)/t25-/m1/s1. The lowest BCUT2D eigenvalue weighted by molar-refractivity contribution is -0.138. The van der Waals surface area contributed by atoms with E-state index < -0.39 is 5.97 Å². The molecule has 0 aromatic carbocycles.